The first-order valence-corrected chi connectivity index (χ1v) is 6.49. The van der Waals surface area contributed by atoms with Gasteiger partial charge in [0.15, 0.2) is 0 Å². The van der Waals surface area contributed by atoms with E-state index in [9.17, 15) is 0 Å². The van der Waals surface area contributed by atoms with E-state index in [0.29, 0.717) is 11.0 Å². The van der Waals surface area contributed by atoms with Crippen molar-refractivity contribution in [3.63, 3.8) is 0 Å². The molecule has 0 aromatic carbocycles. The molecule has 94 valence electrons. The smallest absolute Gasteiger partial charge is 0.0743 e. The lowest BCUT2D eigenvalue weighted by molar-refractivity contribution is 0.196. The summed E-state index contributed by atoms with van der Waals surface area (Å²) in [6.45, 7) is 6.28. The van der Waals surface area contributed by atoms with Crippen LogP contribution in [-0.2, 0) is 6.54 Å². The minimum atomic E-state index is 0.436. The largest absolute Gasteiger partial charge is 0.393 e. The fourth-order valence-electron chi connectivity index (χ4n) is 1.99. The zero-order valence-corrected chi connectivity index (χ0v) is 11.4. The van der Waals surface area contributed by atoms with Crippen LogP contribution in [0.15, 0.2) is 24.5 Å². The van der Waals surface area contributed by atoms with Gasteiger partial charge in [-0.2, -0.15) is 0 Å². The van der Waals surface area contributed by atoms with Crippen LogP contribution in [-0.4, -0.2) is 27.5 Å². The maximum absolute atomic E-state index is 5.65. The number of rotatable bonds is 7. The minimum Gasteiger partial charge on any atom is -0.393 e. The van der Waals surface area contributed by atoms with Crippen molar-refractivity contribution in [2.24, 2.45) is 5.73 Å². The van der Waals surface area contributed by atoms with Crippen LogP contribution in [0.4, 0.5) is 0 Å². The third-order valence-corrected chi connectivity index (χ3v) is 3.13. The lowest BCUT2D eigenvalue weighted by Gasteiger charge is -2.29. The molecule has 0 fully saturated rings. The normalized spacial score (nSPS) is 12.6. The second kappa shape index (κ2) is 7.35. The zero-order valence-electron chi connectivity index (χ0n) is 10.6. The Morgan fingerprint density at radius 1 is 1.41 bits per heavy atom. The van der Waals surface area contributed by atoms with Crippen LogP contribution < -0.4 is 5.73 Å². The standard InChI is InChI=1S/C13H21N3S/c1-3-12(9-13(14)17)16(4-2)10-11-5-7-15-8-6-11/h5-8,12H,3-4,9-10H2,1-2H3,(H2,14,17). The van der Waals surface area contributed by atoms with Crippen LogP contribution in [0.25, 0.3) is 0 Å². The number of nitrogens with zero attached hydrogens (tertiary/aromatic N) is 2. The van der Waals surface area contributed by atoms with E-state index in [2.05, 4.69) is 35.9 Å². The van der Waals surface area contributed by atoms with Gasteiger partial charge in [-0.1, -0.05) is 26.1 Å². The molecule has 1 rings (SSSR count). The van der Waals surface area contributed by atoms with Gasteiger partial charge in [0, 0.05) is 31.4 Å². The van der Waals surface area contributed by atoms with E-state index in [1.54, 1.807) is 0 Å². The number of pyridine rings is 1. The van der Waals surface area contributed by atoms with Gasteiger partial charge < -0.3 is 5.73 Å². The minimum absolute atomic E-state index is 0.436. The van der Waals surface area contributed by atoms with E-state index in [0.717, 1.165) is 25.9 Å². The third-order valence-electron chi connectivity index (χ3n) is 2.97. The molecule has 1 atom stereocenters. The lowest BCUT2D eigenvalue weighted by Crippen LogP contribution is -2.37. The molecule has 1 aromatic rings. The quantitative estimate of drug-likeness (QED) is 0.755. The molecule has 0 bridgehead atoms. The first kappa shape index (κ1) is 14.1. The molecule has 0 aliphatic rings. The highest BCUT2D eigenvalue weighted by Crippen LogP contribution is 2.13. The van der Waals surface area contributed by atoms with E-state index in [1.807, 2.05) is 12.4 Å². The summed E-state index contributed by atoms with van der Waals surface area (Å²) >= 11 is 5.01. The Kier molecular flexibility index (Phi) is 6.08. The van der Waals surface area contributed by atoms with Crippen LogP contribution in [0.3, 0.4) is 0 Å². The molecule has 0 aliphatic carbocycles. The van der Waals surface area contributed by atoms with Crippen LogP contribution in [0.2, 0.25) is 0 Å². The first-order chi connectivity index (χ1) is 8.17. The molecule has 3 nitrogen and oxygen atoms in total. The summed E-state index contributed by atoms with van der Waals surface area (Å²) in [5.74, 6) is 0. The Hall–Kier alpha value is -1.00. The maximum atomic E-state index is 5.65. The van der Waals surface area contributed by atoms with Crippen LogP contribution in [0.5, 0.6) is 0 Å². The van der Waals surface area contributed by atoms with Crippen LogP contribution in [0, 0.1) is 0 Å². The van der Waals surface area contributed by atoms with Gasteiger partial charge in [0.05, 0.1) is 4.99 Å². The Morgan fingerprint density at radius 2 is 2.06 bits per heavy atom. The molecule has 1 unspecified atom stereocenters. The molecule has 0 aliphatic heterocycles. The van der Waals surface area contributed by atoms with E-state index in [1.165, 1.54) is 5.56 Å². The monoisotopic (exact) mass is 251 g/mol. The first-order valence-electron chi connectivity index (χ1n) is 6.08. The Morgan fingerprint density at radius 3 is 2.53 bits per heavy atom. The fraction of sp³-hybridized carbons (Fsp3) is 0.538. The van der Waals surface area contributed by atoms with Gasteiger partial charge in [0.1, 0.15) is 0 Å². The summed E-state index contributed by atoms with van der Waals surface area (Å²) in [5.41, 5.74) is 6.93. The summed E-state index contributed by atoms with van der Waals surface area (Å²) in [6.07, 6.45) is 5.52. The average Bonchev–Trinajstić information content (AvgIpc) is 2.34. The Labute approximate surface area is 109 Å². The van der Waals surface area contributed by atoms with Crippen LogP contribution >= 0.6 is 12.2 Å². The molecule has 0 amide bonds. The predicted molar refractivity (Wildman–Crippen MR) is 75.8 cm³/mol. The van der Waals surface area contributed by atoms with Crippen molar-refractivity contribution in [2.75, 3.05) is 6.54 Å². The molecule has 2 N–H and O–H groups in total. The summed E-state index contributed by atoms with van der Waals surface area (Å²) in [5, 5.41) is 0. The van der Waals surface area contributed by atoms with E-state index >= 15 is 0 Å². The Balaban J connectivity index is 2.66. The predicted octanol–water partition coefficient (Wildman–Crippen LogP) is 2.36. The van der Waals surface area contributed by atoms with Crippen molar-refractivity contribution < 1.29 is 0 Å². The highest BCUT2D eigenvalue weighted by molar-refractivity contribution is 7.80. The highest BCUT2D eigenvalue weighted by atomic mass is 32.1. The molecule has 4 heteroatoms. The van der Waals surface area contributed by atoms with E-state index < -0.39 is 0 Å². The number of hydrogen-bond acceptors (Lipinski definition) is 3. The van der Waals surface area contributed by atoms with E-state index in [-0.39, 0.29) is 0 Å². The molecular weight excluding hydrogens is 230 g/mol. The molecule has 0 saturated carbocycles. The van der Waals surface area contributed by atoms with Crippen molar-refractivity contribution >= 4 is 17.2 Å². The highest BCUT2D eigenvalue weighted by Gasteiger charge is 2.16. The van der Waals surface area contributed by atoms with Gasteiger partial charge in [-0.3, -0.25) is 9.88 Å². The summed E-state index contributed by atoms with van der Waals surface area (Å²) in [7, 11) is 0. The summed E-state index contributed by atoms with van der Waals surface area (Å²) in [6, 6.07) is 4.54. The second-order valence-corrected chi connectivity index (χ2v) is 4.68. The van der Waals surface area contributed by atoms with Gasteiger partial charge in [0.25, 0.3) is 0 Å². The van der Waals surface area contributed by atoms with Gasteiger partial charge >= 0.3 is 0 Å². The topological polar surface area (TPSA) is 42.1 Å². The molecule has 1 aromatic heterocycles. The van der Waals surface area contributed by atoms with Gasteiger partial charge in [-0.05, 0) is 30.7 Å². The molecule has 0 spiro atoms. The summed E-state index contributed by atoms with van der Waals surface area (Å²) < 4.78 is 0. The molecule has 1 heterocycles. The fourth-order valence-corrected chi connectivity index (χ4v) is 2.18. The number of hydrogen-bond donors (Lipinski definition) is 1. The van der Waals surface area contributed by atoms with Crippen molar-refractivity contribution in [3.8, 4) is 0 Å². The second-order valence-electron chi connectivity index (χ2n) is 4.15. The number of nitrogens with two attached hydrogens (primary N) is 1. The lowest BCUT2D eigenvalue weighted by atomic mass is 10.1. The number of thiocarbonyl (C=S) groups is 1. The van der Waals surface area contributed by atoms with Crippen molar-refractivity contribution in [1.82, 2.24) is 9.88 Å². The molecule has 17 heavy (non-hydrogen) atoms. The average molecular weight is 251 g/mol. The molecule has 0 saturated heterocycles. The maximum Gasteiger partial charge on any atom is 0.0743 e. The zero-order chi connectivity index (χ0) is 12.7. The Bertz CT molecular complexity index is 340. The number of aromatic nitrogens is 1. The van der Waals surface area contributed by atoms with Gasteiger partial charge in [-0.15, -0.1) is 0 Å². The van der Waals surface area contributed by atoms with Crippen molar-refractivity contribution in [1.29, 1.82) is 0 Å². The van der Waals surface area contributed by atoms with Crippen LogP contribution in [0.1, 0.15) is 32.3 Å². The third kappa shape index (κ3) is 4.79. The van der Waals surface area contributed by atoms with Gasteiger partial charge in [-0.25, -0.2) is 0 Å². The molecule has 0 radical (unpaired) electrons. The van der Waals surface area contributed by atoms with Gasteiger partial charge in [0.2, 0.25) is 0 Å². The van der Waals surface area contributed by atoms with E-state index in [4.69, 9.17) is 18.0 Å². The van der Waals surface area contributed by atoms with Crippen molar-refractivity contribution in [3.05, 3.63) is 30.1 Å². The van der Waals surface area contributed by atoms with Crippen molar-refractivity contribution in [2.45, 2.75) is 39.3 Å². The SMILES string of the molecule is CCC(CC(N)=S)N(CC)Cc1ccncc1. The summed E-state index contributed by atoms with van der Waals surface area (Å²) in [4.78, 5) is 7.05. The molecular formula is C13H21N3S.